The average Bonchev–Trinajstić information content (AvgIpc) is 2.45. The lowest BCUT2D eigenvalue weighted by atomic mass is 9.87. The van der Waals surface area contributed by atoms with E-state index in [0.29, 0.717) is 6.07 Å². The van der Waals surface area contributed by atoms with Crippen LogP contribution in [0.15, 0.2) is 42.5 Å². The summed E-state index contributed by atoms with van der Waals surface area (Å²) in [6.07, 6.45) is 0.0582. The van der Waals surface area contributed by atoms with Crippen molar-refractivity contribution < 1.29 is 32.2 Å². The minimum Gasteiger partial charge on any atom is -0.435 e. The summed E-state index contributed by atoms with van der Waals surface area (Å²) in [6.45, 7) is -3.09. The molecule has 1 atom stereocenters. The van der Waals surface area contributed by atoms with Gasteiger partial charge in [0, 0.05) is 11.6 Å². The maximum absolute atomic E-state index is 13.3. The Hall–Kier alpha value is -2.41. The summed E-state index contributed by atoms with van der Waals surface area (Å²) in [4.78, 5) is 11.3. The maximum Gasteiger partial charge on any atom is 0.387 e. The van der Waals surface area contributed by atoms with Crippen molar-refractivity contribution in [1.29, 1.82) is 0 Å². The number of carbonyl (C=O) groups is 1. The highest BCUT2D eigenvalue weighted by Gasteiger charge is 2.32. The number of benzene rings is 2. The van der Waals surface area contributed by atoms with Crippen molar-refractivity contribution >= 4 is 6.29 Å². The standard InChI is InChI=1S/C15H10F4O3/c16-11-4-10(5-12(17)7-11)15(21,8-20)9-2-1-3-13(6-9)22-14(18)19/h1-8,14,21H. The van der Waals surface area contributed by atoms with E-state index in [1.165, 1.54) is 18.2 Å². The molecule has 0 fully saturated rings. The largest absolute Gasteiger partial charge is 0.435 e. The summed E-state index contributed by atoms with van der Waals surface area (Å²) < 4.78 is 55.1. The summed E-state index contributed by atoms with van der Waals surface area (Å²) >= 11 is 0. The lowest BCUT2D eigenvalue weighted by Gasteiger charge is -2.23. The van der Waals surface area contributed by atoms with Gasteiger partial charge in [0.15, 0.2) is 11.9 Å². The Labute approximate surface area is 122 Å². The highest BCUT2D eigenvalue weighted by molar-refractivity contribution is 5.72. The molecule has 0 spiro atoms. The van der Waals surface area contributed by atoms with Crippen LogP contribution in [0.2, 0.25) is 0 Å². The van der Waals surface area contributed by atoms with E-state index in [4.69, 9.17) is 0 Å². The van der Waals surface area contributed by atoms with Crippen molar-refractivity contribution in [2.75, 3.05) is 0 Å². The van der Waals surface area contributed by atoms with Crippen LogP contribution in [-0.2, 0) is 10.4 Å². The van der Waals surface area contributed by atoms with Crippen molar-refractivity contribution in [3.63, 3.8) is 0 Å². The fourth-order valence-electron chi connectivity index (χ4n) is 1.99. The normalized spacial score (nSPS) is 13.7. The molecule has 0 aromatic heterocycles. The van der Waals surface area contributed by atoms with Gasteiger partial charge in [-0.25, -0.2) is 8.78 Å². The summed E-state index contributed by atoms with van der Waals surface area (Å²) in [5, 5.41) is 10.4. The number of alkyl halides is 2. The van der Waals surface area contributed by atoms with Gasteiger partial charge in [-0.15, -0.1) is 0 Å². The number of hydrogen-bond acceptors (Lipinski definition) is 3. The molecule has 0 saturated carbocycles. The van der Waals surface area contributed by atoms with Crippen molar-refractivity contribution in [1.82, 2.24) is 0 Å². The number of rotatable bonds is 5. The summed E-state index contributed by atoms with van der Waals surface area (Å²) in [5.41, 5.74) is -2.93. The molecule has 0 aliphatic carbocycles. The third-order valence-electron chi connectivity index (χ3n) is 2.97. The topological polar surface area (TPSA) is 46.5 Å². The summed E-state index contributed by atoms with van der Waals surface area (Å²) in [6, 6.07) is 6.81. The number of aldehydes is 1. The van der Waals surface area contributed by atoms with Crippen LogP contribution < -0.4 is 4.74 Å². The Morgan fingerprint density at radius 2 is 1.68 bits per heavy atom. The molecule has 2 aromatic rings. The Morgan fingerprint density at radius 1 is 1.05 bits per heavy atom. The van der Waals surface area contributed by atoms with Gasteiger partial charge in [-0.3, -0.25) is 4.79 Å². The molecule has 116 valence electrons. The van der Waals surface area contributed by atoms with E-state index >= 15 is 0 Å². The number of ether oxygens (including phenoxy) is 1. The van der Waals surface area contributed by atoms with E-state index in [9.17, 15) is 27.5 Å². The van der Waals surface area contributed by atoms with Crippen molar-refractivity contribution in [2.24, 2.45) is 0 Å². The second-order valence-electron chi connectivity index (χ2n) is 4.45. The van der Waals surface area contributed by atoms with Crippen molar-refractivity contribution in [3.05, 3.63) is 65.2 Å². The molecule has 0 aliphatic heterocycles. The fourth-order valence-corrected chi connectivity index (χ4v) is 1.99. The number of halogens is 4. The van der Waals surface area contributed by atoms with Gasteiger partial charge in [0.2, 0.25) is 0 Å². The van der Waals surface area contributed by atoms with Crippen LogP contribution >= 0.6 is 0 Å². The minimum atomic E-state index is -3.09. The Balaban J connectivity index is 2.52. The molecular formula is C15H10F4O3. The zero-order chi connectivity index (χ0) is 16.3. The second kappa shape index (κ2) is 6.15. The first kappa shape index (κ1) is 16.0. The van der Waals surface area contributed by atoms with E-state index < -0.39 is 23.8 Å². The highest BCUT2D eigenvalue weighted by Crippen LogP contribution is 2.31. The maximum atomic E-state index is 13.3. The van der Waals surface area contributed by atoms with Crippen LogP contribution in [0.5, 0.6) is 5.75 Å². The number of aliphatic hydroxyl groups is 1. The molecule has 0 bridgehead atoms. The van der Waals surface area contributed by atoms with Gasteiger partial charge in [-0.2, -0.15) is 8.78 Å². The highest BCUT2D eigenvalue weighted by atomic mass is 19.3. The van der Waals surface area contributed by atoms with Gasteiger partial charge in [-0.05, 0) is 29.8 Å². The van der Waals surface area contributed by atoms with E-state index in [2.05, 4.69) is 4.74 Å². The Bertz CT molecular complexity index is 670. The van der Waals surface area contributed by atoms with Crippen LogP contribution in [0.3, 0.4) is 0 Å². The predicted molar refractivity (Wildman–Crippen MR) is 68.5 cm³/mol. The molecule has 7 heteroatoms. The molecule has 0 heterocycles. The molecule has 2 aromatic carbocycles. The molecule has 3 nitrogen and oxygen atoms in total. The Kier molecular flexibility index (Phi) is 4.46. The molecule has 1 unspecified atom stereocenters. The van der Waals surface area contributed by atoms with Crippen LogP contribution in [0, 0.1) is 11.6 Å². The molecule has 2 rings (SSSR count). The van der Waals surface area contributed by atoms with E-state index in [-0.39, 0.29) is 23.2 Å². The first-order valence-electron chi connectivity index (χ1n) is 6.06. The van der Waals surface area contributed by atoms with Crippen LogP contribution in [0.4, 0.5) is 17.6 Å². The van der Waals surface area contributed by atoms with Gasteiger partial charge >= 0.3 is 6.61 Å². The molecule has 0 aliphatic rings. The molecule has 0 amide bonds. The average molecular weight is 314 g/mol. The quantitative estimate of drug-likeness (QED) is 0.682. The van der Waals surface area contributed by atoms with Crippen LogP contribution in [0.1, 0.15) is 11.1 Å². The lowest BCUT2D eigenvalue weighted by Crippen LogP contribution is -2.29. The molecule has 1 N–H and O–H groups in total. The van der Waals surface area contributed by atoms with E-state index in [0.717, 1.165) is 18.2 Å². The van der Waals surface area contributed by atoms with Gasteiger partial charge in [0.1, 0.15) is 17.4 Å². The van der Waals surface area contributed by atoms with E-state index in [1.54, 1.807) is 0 Å². The third kappa shape index (κ3) is 3.25. The summed E-state index contributed by atoms with van der Waals surface area (Å²) in [7, 11) is 0. The first-order valence-corrected chi connectivity index (χ1v) is 6.06. The predicted octanol–water partition coefficient (Wildman–Crippen LogP) is 3.00. The smallest absolute Gasteiger partial charge is 0.387 e. The van der Waals surface area contributed by atoms with Crippen molar-refractivity contribution in [3.8, 4) is 5.75 Å². The van der Waals surface area contributed by atoms with Crippen molar-refractivity contribution in [2.45, 2.75) is 12.2 Å². The van der Waals surface area contributed by atoms with Gasteiger partial charge in [0.05, 0.1) is 0 Å². The van der Waals surface area contributed by atoms with Crippen LogP contribution in [0.25, 0.3) is 0 Å². The molecule has 0 radical (unpaired) electrons. The molecule has 22 heavy (non-hydrogen) atoms. The number of carbonyl (C=O) groups excluding carboxylic acids is 1. The van der Waals surface area contributed by atoms with Gasteiger partial charge < -0.3 is 9.84 Å². The Morgan fingerprint density at radius 3 is 2.23 bits per heavy atom. The fraction of sp³-hybridized carbons (Fsp3) is 0.133. The number of hydrogen-bond donors (Lipinski definition) is 1. The van der Waals surface area contributed by atoms with Gasteiger partial charge in [-0.1, -0.05) is 12.1 Å². The zero-order valence-corrected chi connectivity index (χ0v) is 11.0. The SMILES string of the molecule is O=CC(O)(c1cc(F)cc(F)c1)c1cccc(OC(F)F)c1. The second-order valence-corrected chi connectivity index (χ2v) is 4.45. The monoisotopic (exact) mass is 314 g/mol. The lowest BCUT2D eigenvalue weighted by molar-refractivity contribution is -0.121. The van der Waals surface area contributed by atoms with Crippen LogP contribution in [-0.4, -0.2) is 18.0 Å². The molecule has 0 saturated heterocycles. The van der Waals surface area contributed by atoms with Gasteiger partial charge in [0.25, 0.3) is 0 Å². The summed E-state index contributed by atoms with van der Waals surface area (Å²) in [5.74, 6) is -2.28. The zero-order valence-electron chi connectivity index (χ0n) is 11.0. The van der Waals surface area contributed by atoms with E-state index in [1.807, 2.05) is 0 Å². The minimum absolute atomic E-state index is 0.0582. The molecular weight excluding hydrogens is 304 g/mol. The first-order chi connectivity index (χ1) is 10.3. The third-order valence-corrected chi connectivity index (χ3v) is 2.97.